The summed E-state index contributed by atoms with van der Waals surface area (Å²) in [5.74, 6) is 0.701. The van der Waals surface area contributed by atoms with Crippen molar-refractivity contribution in [3.8, 4) is 0 Å². The van der Waals surface area contributed by atoms with Crippen molar-refractivity contribution in [1.29, 1.82) is 0 Å². The zero-order chi connectivity index (χ0) is 21.2. The summed E-state index contributed by atoms with van der Waals surface area (Å²) in [4.78, 5) is 11.5. The molecule has 0 saturated heterocycles. The molecular formula is C25H36O4. The molecule has 2 heterocycles. The van der Waals surface area contributed by atoms with Gasteiger partial charge in [-0.05, 0) is 75.8 Å². The van der Waals surface area contributed by atoms with Crippen LogP contribution in [0.4, 0.5) is 0 Å². The summed E-state index contributed by atoms with van der Waals surface area (Å²) >= 11 is 0. The molecule has 0 aliphatic carbocycles. The molecule has 4 heteroatoms. The van der Waals surface area contributed by atoms with Gasteiger partial charge in [-0.25, -0.2) is 4.79 Å². The zero-order valence-corrected chi connectivity index (χ0v) is 18.3. The van der Waals surface area contributed by atoms with E-state index in [9.17, 15) is 9.90 Å². The van der Waals surface area contributed by atoms with Crippen LogP contribution in [-0.4, -0.2) is 17.2 Å². The van der Waals surface area contributed by atoms with Gasteiger partial charge in [0.05, 0.1) is 18.1 Å². The van der Waals surface area contributed by atoms with E-state index in [1.807, 2.05) is 12.3 Å². The maximum atomic E-state index is 11.5. The Labute approximate surface area is 175 Å². The highest BCUT2D eigenvalue weighted by molar-refractivity contribution is 5.90. The number of aliphatic hydroxyl groups excluding tert-OH is 1. The minimum Gasteiger partial charge on any atom is -0.508 e. The molecule has 0 bridgehead atoms. The van der Waals surface area contributed by atoms with Gasteiger partial charge in [-0.2, -0.15) is 0 Å². The van der Waals surface area contributed by atoms with Crippen molar-refractivity contribution in [3.05, 3.63) is 59.3 Å². The first-order valence-corrected chi connectivity index (χ1v) is 10.8. The highest BCUT2D eigenvalue weighted by Gasteiger charge is 2.32. The minimum absolute atomic E-state index is 0.113. The Morgan fingerprint density at radius 2 is 2.07 bits per heavy atom. The number of hydrogen-bond donors (Lipinski definition) is 1. The standard InChI is InChI=1S/C25H36O4/c1-18(8-5-9-19(2)11-7-13-22-14-15-28-17-22)10-6-12-20(3)16-23-24(26)21(4)25(27)29-23/h5,8-9,14-15,17,19-20,23,26H,6-7,10-13,16H2,1-4H3/b9-5+,18-8+/t19-,20?,23?/m1/s1. The van der Waals surface area contributed by atoms with Crippen molar-refractivity contribution in [1.82, 2.24) is 0 Å². The van der Waals surface area contributed by atoms with Gasteiger partial charge in [0, 0.05) is 0 Å². The molecule has 1 N–H and O–H groups in total. The van der Waals surface area contributed by atoms with Crippen molar-refractivity contribution in [2.24, 2.45) is 11.8 Å². The van der Waals surface area contributed by atoms with Gasteiger partial charge >= 0.3 is 5.97 Å². The number of allylic oxidation sites excluding steroid dienone is 4. The maximum Gasteiger partial charge on any atom is 0.337 e. The van der Waals surface area contributed by atoms with Gasteiger partial charge in [0.15, 0.2) is 6.10 Å². The third kappa shape index (κ3) is 7.96. The lowest BCUT2D eigenvalue weighted by Crippen LogP contribution is -2.15. The second-order valence-corrected chi connectivity index (χ2v) is 8.54. The van der Waals surface area contributed by atoms with Gasteiger partial charge in [0.1, 0.15) is 5.76 Å². The molecule has 29 heavy (non-hydrogen) atoms. The molecule has 3 atom stereocenters. The molecule has 1 aliphatic heterocycles. The number of aryl methyl sites for hydroxylation is 1. The van der Waals surface area contributed by atoms with Crippen LogP contribution >= 0.6 is 0 Å². The smallest absolute Gasteiger partial charge is 0.337 e. The molecule has 160 valence electrons. The maximum absolute atomic E-state index is 11.5. The van der Waals surface area contributed by atoms with Crippen LogP contribution < -0.4 is 0 Å². The van der Waals surface area contributed by atoms with Crippen molar-refractivity contribution in [3.63, 3.8) is 0 Å². The fourth-order valence-electron chi connectivity index (χ4n) is 3.64. The van der Waals surface area contributed by atoms with Gasteiger partial charge in [-0.3, -0.25) is 0 Å². The van der Waals surface area contributed by atoms with Crippen LogP contribution in [-0.2, 0) is 16.0 Å². The number of aliphatic hydroxyl groups is 1. The quantitative estimate of drug-likeness (QED) is 0.313. The van der Waals surface area contributed by atoms with E-state index in [0.717, 1.165) is 25.7 Å². The lowest BCUT2D eigenvalue weighted by molar-refractivity contribution is -0.140. The molecule has 2 rings (SSSR count). The van der Waals surface area contributed by atoms with Crippen LogP contribution in [0.25, 0.3) is 0 Å². The Morgan fingerprint density at radius 3 is 2.72 bits per heavy atom. The average Bonchev–Trinajstić information content (AvgIpc) is 3.27. The topological polar surface area (TPSA) is 59.7 Å². The second kappa shape index (κ2) is 11.7. The van der Waals surface area contributed by atoms with Crippen molar-refractivity contribution >= 4 is 5.97 Å². The predicted octanol–water partition coefficient (Wildman–Crippen LogP) is 6.69. The molecule has 2 unspecified atom stereocenters. The molecule has 1 aliphatic rings. The lowest BCUT2D eigenvalue weighted by atomic mass is 9.95. The highest BCUT2D eigenvalue weighted by Crippen LogP contribution is 2.27. The van der Waals surface area contributed by atoms with Crippen LogP contribution in [0, 0.1) is 11.8 Å². The van der Waals surface area contributed by atoms with E-state index in [4.69, 9.17) is 9.15 Å². The predicted molar refractivity (Wildman–Crippen MR) is 117 cm³/mol. The number of rotatable bonds is 12. The van der Waals surface area contributed by atoms with Crippen LogP contribution in [0.2, 0.25) is 0 Å². The number of hydrogen-bond acceptors (Lipinski definition) is 4. The number of cyclic esters (lactones) is 1. The number of furan rings is 1. The summed E-state index contributed by atoms with van der Waals surface area (Å²) in [7, 11) is 0. The van der Waals surface area contributed by atoms with E-state index in [-0.39, 0.29) is 11.7 Å². The van der Waals surface area contributed by atoms with E-state index in [1.54, 1.807) is 13.2 Å². The zero-order valence-electron chi connectivity index (χ0n) is 18.3. The monoisotopic (exact) mass is 400 g/mol. The SMILES string of the molecule is CC1=C(O)C(CC(C)CCC/C(C)=C/C=C/[C@@H](C)CCCc2ccoc2)OC1=O. The Hall–Kier alpha value is -2.23. The summed E-state index contributed by atoms with van der Waals surface area (Å²) in [5.41, 5.74) is 3.01. The summed E-state index contributed by atoms with van der Waals surface area (Å²) in [6.07, 6.45) is 17.1. The molecule has 0 amide bonds. The Kier molecular flexibility index (Phi) is 9.30. The van der Waals surface area contributed by atoms with Crippen molar-refractivity contribution in [2.45, 2.75) is 78.7 Å². The minimum atomic E-state index is -0.452. The van der Waals surface area contributed by atoms with E-state index < -0.39 is 6.10 Å². The first-order valence-electron chi connectivity index (χ1n) is 10.8. The lowest BCUT2D eigenvalue weighted by Gasteiger charge is -2.16. The molecule has 0 aromatic carbocycles. The number of carbonyl (C=O) groups is 1. The largest absolute Gasteiger partial charge is 0.508 e. The number of carbonyl (C=O) groups excluding carboxylic acids is 1. The Morgan fingerprint density at radius 1 is 1.28 bits per heavy atom. The molecule has 0 radical (unpaired) electrons. The van der Waals surface area contributed by atoms with Crippen LogP contribution in [0.5, 0.6) is 0 Å². The third-order valence-electron chi connectivity index (χ3n) is 5.65. The van der Waals surface area contributed by atoms with Gasteiger partial charge in [-0.15, -0.1) is 0 Å². The summed E-state index contributed by atoms with van der Waals surface area (Å²) < 4.78 is 10.3. The van der Waals surface area contributed by atoms with Crippen molar-refractivity contribution < 1.29 is 19.1 Å². The molecule has 1 aromatic rings. The Balaban J connectivity index is 1.60. The van der Waals surface area contributed by atoms with E-state index in [1.165, 1.54) is 24.0 Å². The average molecular weight is 401 g/mol. The second-order valence-electron chi connectivity index (χ2n) is 8.54. The van der Waals surface area contributed by atoms with Crippen molar-refractivity contribution in [2.75, 3.05) is 0 Å². The van der Waals surface area contributed by atoms with Crippen LogP contribution in [0.1, 0.15) is 71.8 Å². The molecular weight excluding hydrogens is 364 g/mol. The number of esters is 1. The van der Waals surface area contributed by atoms with E-state index >= 15 is 0 Å². The van der Waals surface area contributed by atoms with Gasteiger partial charge in [0.25, 0.3) is 0 Å². The Bertz CT molecular complexity index is 724. The first kappa shape index (κ1) is 23.1. The first-order chi connectivity index (χ1) is 13.9. The van der Waals surface area contributed by atoms with Gasteiger partial charge in [0.2, 0.25) is 0 Å². The summed E-state index contributed by atoms with van der Waals surface area (Å²) in [6, 6.07) is 2.04. The summed E-state index contributed by atoms with van der Waals surface area (Å²) in [6.45, 7) is 8.21. The third-order valence-corrected chi connectivity index (χ3v) is 5.65. The van der Waals surface area contributed by atoms with Crippen LogP contribution in [0.15, 0.2) is 58.1 Å². The van der Waals surface area contributed by atoms with Gasteiger partial charge in [-0.1, -0.05) is 44.1 Å². The molecule has 0 saturated carbocycles. The highest BCUT2D eigenvalue weighted by atomic mass is 16.6. The number of ether oxygens (including phenoxy) is 1. The van der Waals surface area contributed by atoms with Crippen LogP contribution in [0.3, 0.4) is 0 Å². The van der Waals surface area contributed by atoms with E-state index in [2.05, 4.69) is 39.0 Å². The van der Waals surface area contributed by atoms with Gasteiger partial charge < -0.3 is 14.3 Å². The fourth-order valence-corrected chi connectivity index (χ4v) is 3.64. The summed E-state index contributed by atoms with van der Waals surface area (Å²) in [5, 5.41) is 9.95. The molecule has 4 nitrogen and oxygen atoms in total. The fraction of sp³-hybridized carbons (Fsp3) is 0.560. The molecule has 1 aromatic heterocycles. The molecule has 0 fully saturated rings. The molecule has 0 spiro atoms. The normalized spacial score (nSPS) is 19.8. The van der Waals surface area contributed by atoms with E-state index in [0.29, 0.717) is 23.8 Å².